The summed E-state index contributed by atoms with van der Waals surface area (Å²) in [4.78, 5) is 3.98. The molecule has 0 amide bonds. The number of aliphatic hydroxyl groups is 1. The van der Waals surface area contributed by atoms with Gasteiger partial charge in [0.25, 0.3) is 0 Å². The fraction of sp³-hybridized carbons (Fsp3) is 0.688. The number of ether oxygens (including phenoxy) is 2. The molecule has 0 aromatic carbocycles. The first-order valence-electron chi connectivity index (χ1n) is 7.76. The van der Waals surface area contributed by atoms with Crippen molar-refractivity contribution in [1.29, 1.82) is 0 Å². The van der Waals surface area contributed by atoms with Crippen LogP contribution in [0.5, 0.6) is 0 Å². The molecule has 0 spiro atoms. The third-order valence-corrected chi connectivity index (χ3v) is 3.04. The second-order valence-corrected chi connectivity index (χ2v) is 5.00. The van der Waals surface area contributed by atoms with Crippen LogP contribution in [0.2, 0.25) is 0 Å². The Hall–Kier alpha value is -1.01. The van der Waals surface area contributed by atoms with Crippen LogP contribution in [0.1, 0.15) is 25.3 Å². The minimum atomic E-state index is -0.474. The Kier molecular flexibility index (Phi) is 10.9. The van der Waals surface area contributed by atoms with Gasteiger partial charge in [0, 0.05) is 25.5 Å². The largest absolute Gasteiger partial charge is 0.389 e. The highest BCUT2D eigenvalue weighted by atomic mass is 16.5. The van der Waals surface area contributed by atoms with Crippen molar-refractivity contribution in [3.63, 3.8) is 0 Å². The van der Waals surface area contributed by atoms with Gasteiger partial charge in [-0.1, -0.05) is 13.3 Å². The molecule has 0 bridgehead atoms. The van der Waals surface area contributed by atoms with Gasteiger partial charge in [-0.15, -0.1) is 0 Å². The molecule has 0 aliphatic carbocycles. The molecule has 5 heteroatoms. The first kappa shape index (κ1) is 18.0. The highest BCUT2D eigenvalue weighted by molar-refractivity contribution is 5.09. The Labute approximate surface area is 127 Å². The molecule has 2 N–H and O–H groups in total. The summed E-state index contributed by atoms with van der Waals surface area (Å²) in [5, 5.41) is 13.0. The van der Waals surface area contributed by atoms with Crippen molar-refractivity contribution in [3.05, 3.63) is 30.1 Å². The van der Waals surface area contributed by atoms with Gasteiger partial charge in [0.2, 0.25) is 0 Å². The van der Waals surface area contributed by atoms with Gasteiger partial charge in [0.05, 0.1) is 25.9 Å². The van der Waals surface area contributed by atoms with Crippen molar-refractivity contribution in [2.24, 2.45) is 0 Å². The standard InChI is InChI=1S/C16H28N2O3/c1-2-3-10-20-11-12-21-14-16(19)13-18-9-6-15-4-7-17-8-5-15/h4-5,7-8,16,18-19H,2-3,6,9-14H2,1H3. The molecule has 0 aliphatic heterocycles. The van der Waals surface area contributed by atoms with Crippen LogP contribution in [-0.2, 0) is 15.9 Å². The maximum absolute atomic E-state index is 9.75. The second kappa shape index (κ2) is 12.7. The van der Waals surface area contributed by atoms with Crippen molar-refractivity contribution in [2.75, 3.05) is 39.5 Å². The average molecular weight is 296 g/mol. The molecule has 5 nitrogen and oxygen atoms in total. The maximum Gasteiger partial charge on any atom is 0.0897 e. The number of pyridine rings is 1. The molecule has 0 aliphatic rings. The number of nitrogens with one attached hydrogen (secondary N) is 1. The van der Waals surface area contributed by atoms with E-state index >= 15 is 0 Å². The quantitative estimate of drug-likeness (QED) is 0.539. The average Bonchev–Trinajstić information content (AvgIpc) is 2.52. The fourth-order valence-electron chi connectivity index (χ4n) is 1.80. The number of aromatic nitrogens is 1. The monoisotopic (exact) mass is 296 g/mol. The first-order chi connectivity index (χ1) is 10.3. The van der Waals surface area contributed by atoms with E-state index in [1.54, 1.807) is 12.4 Å². The molecule has 21 heavy (non-hydrogen) atoms. The summed E-state index contributed by atoms with van der Waals surface area (Å²) in [6, 6.07) is 4.00. The van der Waals surface area contributed by atoms with E-state index < -0.39 is 6.10 Å². The second-order valence-electron chi connectivity index (χ2n) is 5.00. The predicted octanol–water partition coefficient (Wildman–Crippen LogP) is 1.41. The third kappa shape index (κ3) is 10.4. The van der Waals surface area contributed by atoms with Crippen LogP contribution < -0.4 is 5.32 Å². The van der Waals surface area contributed by atoms with Crippen molar-refractivity contribution in [3.8, 4) is 0 Å². The molecule has 1 aromatic rings. The van der Waals surface area contributed by atoms with Crippen molar-refractivity contribution >= 4 is 0 Å². The van der Waals surface area contributed by atoms with Crippen LogP contribution in [0.3, 0.4) is 0 Å². The fourth-order valence-corrected chi connectivity index (χ4v) is 1.80. The van der Waals surface area contributed by atoms with Crippen molar-refractivity contribution in [1.82, 2.24) is 10.3 Å². The number of aliphatic hydroxyl groups excluding tert-OH is 1. The van der Waals surface area contributed by atoms with Gasteiger partial charge in [-0.25, -0.2) is 0 Å². The van der Waals surface area contributed by atoms with E-state index in [1.165, 1.54) is 5.56 Å². The van der Waals surface area contributed by atoms with Gasteiger partial charge in [0.1, 0.15) is 0 Å². The normalized spacial score (nSPS) is 12.5. The lowest BCUT2D eigenvalue weighted by atomic mass is 10.2. The van der Waals surface area contributed by atoms with Gasteiger partial charge in [-0.3, -0.25) is 4.98 Å². The highest BCUT2D eigenvalue weighted by Crippen LogP contribution is 1.96. The van der Waals surface area contributed by atoms with Crippen LogP contribution in [0.15, 0.2) is 24.5 Å². The van der Waals surface area contributed by atoms with Gasteiger partial charge in [-0.05, 0) is 37.1 Å². The molecule has 1 aromatic heterocycles. The molecular formula is C16H28N2O3. The summed E-state index contributed by atoms with van der Waals surface area (Å²) in [7, 11) is 0. The van der Waals surface area contributed by atoms with Gasteiger partial charge < -0.3 is 19.9 Å². The summed E-state index contributed by atoms with van der Waals surface area (Å²) < 4.78 is 10.7. The Morgan fingerprint density at radius 2 is 1.95 bits per heavy atom. The lowest BCUT2D eigenvalue weighted by molar-refractivity contribution is 0.00401. The van der Waals surface area contributed by atoms with E-state index in [2.05, 4.69) is 17.2 Å². The predicted molar refractivity (Wildman–Crippen MR) is 83.4 cm³/mol. The number of hydrogen-bond acceptors (Lipinski definition) is 5. The van der Waals surface area contributed by atoms with E-state index in [4.69, 9.17) is 9.47 Å². The summed E-state index contributed by atoms with van der Waals surface area (Å²) in [6.45, 7) is 5.79. The smallest absolute Gasteiger partial charge is 0.0897 e. The molecule has 1 atom stereocenters. The SMILES string of the molecule is CCCCOCCOCC(O)CNCCc1ccncc1. The molecule has 1 heterocycles. The lowest BCUT2D eigenvalue weighted by Gasteiger charge is -2.12. The van der Waals surface area contributed by atoms with Crippen LogP contribution >= 0.6 is 0 Å². The van der Waals surface area contributed by atoms with E-state index in [-0.39, 0.29) is 0 Å². The van der Waals surface area contributed by atoms with E-state index in [1.807, 2.05) is 12.1 Å². The van der Waals surface area contributed by atoms with Crippen molar-refractivity contribution < 1.29 is 14.6 Å². The van der Waals surface area contributed by atoms with Crippen LogP contribution in [0.25, 0.3) is 0 Å². The molecule has 0 radical (unpaired) electrons. The minimum absolute atomic E-state index is 0.347. The molecule has 0 saturated heterocycles. The zero-order valence-electron chi connectivity index (χ0n) is 13.0. The summed E-state index contributed by atoms with van der Waals surface area (Å²) in [6.07, 6.45) is 6.27. The van der Waals surface area contributed by atoms with E-state index in [9.17, 15) is 5.11 Å². The van der Waals surface area contributed by atoms with Gasteiger partial charge in [-0.2, -0.15) is 0 Å². The zero-order valence-corrected chi connectivity index (χ0v) is 13.0. The number of nitrogens with zero attached hydrogens (tertiary/aromatic N) is 1. The Morgan fingerprint density at radius 1 is 1.19 bits per heavy atom. The van der Waals surface area contributed by atoms with E-state index in [0.29, 0.717) is 26.4 Å². The maximum atomic E-state index is 9.75. The molecule has 1 rings (SSSR count). The minimum Gasteiger partial charge on any atom is -0.389 e. The van der Waals surface area contributed by atoms with E-state index in [0.717, 1.165) is 32.4 Å². The van der Waals surface area contributed by atoms with Gasteiger partial charge in [0.15, 0.2) is 0 Å². The Morgan fingerprint density at radius 3 is 2.71 bits per heavy atom. The summed E-state index contributed by atoms with van der Waals surface area (Å²) in [5.74, 6) is 0. The van der Waals surface area contributed by atoms with Crippen molar-refractivity contribution in [2.45, 2.75) is 32.3 Å². The number of rotatable bonds is 13. The number of unbranched alkanes of at least 4 members (excludes halogenated alkanes) is 1. The highest BCUT2D eigenvalue weighted by Gasteiger charge is 2.03. The molecule has 120 valence electrons. The zero-order chi connectivity index (χ0) is 15.2. The van der Waals surface area contributed by atoms with Crippen LogP contribution in [-0.4, -0.2) is 55.7 Å². The van der Waals surface area contributed by atoms with Crippen LogP contribution in [0.4, 0.5) is 0 Å². The Bertz CT molecular complexity index is 336. The van der Waals surface area contributed by atoms with Crippen LogP contribution in [0, 0.1) is 0 Å². The summed E-state index contributed by atoms with van der Waals surface area (Å²) >= 11 is 0. The third-order valence-electron chi connectivity index (χ3n) is 3.04. The Balaban J connectivity index is 1.88. The summed E-state index contributed by atoms with van der Waals surface area (Å²) in [5.41, 5.74) is 1.24. The molecule has 0 fully saturated rings. The van der Waals surface area contributed by atoms with Gasteiger partial charge >= 0.3 is 0 Å². The lowest BCUT2D eigenvalue weighted by Crippen LogP contribution is -2.32. The first-order valence-corrected chi connectivity index (χ1v) is 7.76. The number of hydrogen-bond donors (Lipinski definition) is 2. The molecule has 1 unspecified atom stereocenters. The molecular weight excluding hydrogens is 268 g/mol. The topological polar surface area (TPSA) is 63.6 Å². The molecule has 0 saturated carbocycles.